The van der Waals surface area contributed by atoms with E-state index in [0.717, 1.165) is 22.1 Å². The van der Waals surface area contributed by atoms with Crippen molar-refractivity contribution in [3.05, 3.63) is 82.3 Å². The van der Waals surface area contributed by atoms with Gasteiger partial charge in [0.2, 0.25) is 15.9 Å². The predicted octanol–water partition coefficient (Wildman–Crippen LogP) is 4.70. The number of hydrogen-bond acceptors (Lipinski definition) is 5. The molecule has 2 heterocycles. The third kappa shape index (κ3) is 5.34. The molecule has 3 aromatic rings. The van der Waals surface area contributed by atoms with Gasteiger partial charge < -0.3 is 15.0 Å². The summed E-state index contributed by atoms with van der Waals surface area (Å²) in [7, 11) is -2.02. The van der Waals surface area contributed by atoms with Crippen LogP contribution in [0.25, 0.3) is 0 Å². The van der Waals surface area contributed by atoms with Gasteiger partial charge in [0, 0.05) is 47.0 Å². The Labute approximate surface area is 230 Å². The molecular weight excluding hydrogens is 570 g/mol. The Hall–Kier alpha value is -3.21. The third-order valence-electron chi connectivity index (χ3n) is 7.11. The molecule has 1 N–H and O–H groups in total. The van der Waals surface area contributed by atoms with E-state index >= 15 is 0 Å². The molecule has 2 amide bonds. The first kappa shape index (κ1) is 26.4. The van der Waals surface area contributed by atoms with Crippen molar-refractivity contribution in [1.29, 1.82) is 0 Å². The lowest BCUT2D eigenvalue weighted by Crippen LogP contribution is -2.41. The van der Waals surface area contributed by atoms with Crippen LogP contribution in [0.2, 0.25) is 0 Å². The maximum Gasteiger partial charge on any atom is 0.258 e. The molecule has 0 aromatic heterocycles. The lowest BCUT2D eigenvalue weighted by Gasteiger charge is -2.30. The third-order valence-corrected chi connectivity index (χ3v) is 9.55. The van der Waals surface area contributed by atoms with Crippen LogP contribution in [-0.2, 0) is 21.2 Å². The summed E-state index contributed by atoms with van der Waals surface area (Å²) in [6, 6.07) is 19.2. The number of carbonyl (C=O) groups is 2. The van der Waals surface area contributed by atoms with E-state index in [0.29, 0.717) is 36.4 Å². The molecule has 1 fully saturated rings. The number of fused-ring (bicyclic) bond motifs is 1. The smallest absolute Gasteiger partial charge is 0.258 e. The van der Waals surface area contributed by atoms with Gasteiger partial charge in [0.1, 0.15) is 5.75 Å². The van der Waals surface area contributed by atoms with E-state index in [1.54, 1.807) is 60.5 Å². The number of sulfonamides is 1. The van der Waals surface area contributed by atoms with Crippen LogP contribution >= 0.6 is 15.9 Å². The highest BCUT2D eigenvalue weighted by atomic mass is 79.9. The van der Waals surface area contributed by atoms with Gasteiger partial charge in [-0.05, 0) is 85.5 Å². The quantitative estimate of drug-likeness (QED) is 0.444. The van der Waals surface area contributed by atoms with Crippen LogP contribution < -0.4 is 15.0 Å². The highest BCUT2D eigenvalue weighted by Gasteiger charge is 2.32. The van der Waals surface area contributed by atoms with Gasteiger partial charge in [0.15, 0.2) is 0 Å². The second-order valence-corrected chi connectivity index (χ2v) is 12.3. The van der Waals surface area contributed by atoms with E-state index in [1.165, 1.54) is 4.31 Å². The number of benzene rings is 3. The van der Waals surface area contributed by atoms with Gasteiger partial charge in [-0.2, -0.15) is 4.31 Å². The zero-order valence-electron chi connectivity index (χ0n) is 20.9. The summed E-state index contributed by atoms with van der Waals surface area (Å²) in [5.41, 5.74) is 3.03. The summed E-state index contributed by atoms with van der Waals surface area (Å²) in [5.74, 6) is 0.146. The molecule has 0 bridgehead atoms. The molecular formula is C28H28BrN3O5S. The Morgan fingerprint density at radius 2 is 1.63 bits per heavy atom. The number of nitrogens with one attached hydrogen (secondary N) is 1. The van der Waals surface area contributed by atoms with E-state index in [9.17, 15) is 18.0 Å². The SMILES string of the molecule is COc1ccc(C(=O)N2CCc3ccc(NC(=O)C4CCN(S(=O)(=O)c5ccc(Br)cc5)CC4)cc32)cc1. The molecule has 1 saturated heterocycles. The number of anilines is 2. The zero-order valence-corrected chi connectivity index (χ0v) is 23.3. The van der Waals surface area contributed by atoms with Crippen molar-refractivity contribution in [2.75, 3.05) is 37.0 Å². The first-order chi connectivity index (χ1) is 18.3. The van der Waals surface area contributed by atoms with Gasteiger partial charge in [-0.1, -0.05) is 22.0 Å². The molecule has 3 aromatic carbocycles. The highest BCUT2D eigenvalue weighted by molar-refractivity contribution is 9.10. The fourth-order valence-corrected chi connectivity index (χ4v) is 6.65. The summed E-state index contributed by atoms with van der Waals surface area (Å²) < 4.78 is 33.4. The van der Waals surface area contributed by atoms with Crippen molar-refractivity contribution in [3.63, 3.8) is 0 Å². The standard InChI is InChI=1S/C28H28BrN3O5S/c1-37-24-8-3-21(4-9-24)28(34)32-17-14-19-2-7-23(18-26(19)32)30-27(33)20-12-15-31(16-13-20)38(35,36)25-10-5-22(29)6-11-25/h2-11,18,20H,12-17H2,1H3,(H,30,33). The van der Waals surface area contributed by atoms with Crippen molar-refractivity contribution >= 4 is 49.1 Å². The zero-order chi connectivity index (χ0) is 26.9. The van der Waals surface area contributed by atoms with Crippen molar-refractivity contribution in [1.82, 2.24) is 4.31 Å². The van der Waals surface area contributed by atoms with Gasteiger partial charge in [0.05, 0.1) is 12.0 Å². The fraction of sp³-hybridized carbons (Fsp3) is 0.286. The molecule has 0 radical (unpaired) electrons. The Balaban J connectivity index is 1.22. The molecule has 0 spiro atoms. The monoisotopic (exact) mass is 597 g/mol. The number of halogens is 1. The highest BCUT2D eigenvalue weighted by Crippen LogP contribution is 2.33. The maximum absolute atomic E-state index is 13.2. The van der Waals surface area contributed by atoms with Crippen molar-refractivity contribution in [2.45, 2.75) is 24.2 Å². The number of rotatable bonds is 6. The van der Waals surface area contributed by atoms with E-state index < -0.39 is 10.0 Å². The maximum atomic E-state index is 13.2. The molecule has 5 rings (SSSR count). The van der Waals surface area contributed by atoms with Gasteiger partial charge in [0.25, 0.3) is 5.91 Å². The lowest BCUT2D eigenvalue weighted by molar-refractivity contribution is -0.120. The van der Waals surface area contributed by atoms with Crippen LogP contribution in [0.1, 0.15) is 28.8 Å². The molecule has 2 aliphatic heterocycles. The van der Waals surface area contributed by atoms with Crippen molar-refractivity contribution in [3.8, 4) is 5.75 Å². The number of hydrogen-bond donors (Lipinski definition) is 1. The topological polar surface area (TPSA) is 96.0 Å². The van der Waals surface area contributed by atoms with Crippen LogP contribution in [0.4, 0.5) is 11.4 Å². The van der Waals surface area contributed by atoms with Gasteiger partial charge >= 0.3 is 0 Å². The van der Waals surface area contributed by atoms with Crippen LogP contribution in [0.15, 0.2) is 76.1 Å². The van der Waals surface area contributed by atoms with Gasteiger partial charge in [-0.3, -0.25) is 9.59 Å². The minimum atomic E-state index is -3.60. The summed E-state index contributed by atoms with van der Waals surface area (Å²) in [4.78, 5) is 28.2. The number of carbonyl (C=O) groups excluding carboxylic acids is 2. The molecule has 0 saturated carbocycles. The largest absolute Gasteiger partial charge is 0.497 e. The second kappa shape index (κ2) is 10.9. The number of piperidine rings is 1. The number of amides is 2. The molecule has 0 unspecified atom stereocenters. The minimum Gasteiger partial charge on any atom is -0.497 e. The Bertz CT molecular complexity index is 1450. The number of methoxy groups -OCH3 is 1. The van der Waals surface area contributed by atoms with Gasteiger partial charge in [-0.25, -0.2) is 8.42 Å². The van der Waals surface area contributed by atoms with Crippen LogP contribution in [-0.4, -0.2) is 51.3 Å². The lowest BCUT2D eigenvalue weighted by atomic mass is 9.97. The molecule has 2 aliphatic rings. The first-order valence-corrected chi connectivity index (χ1v) is 14.6. The van der Waals surface area contributed by atoms with Gasteiger partial charge in [-0.15, -0.1) is 0 Å². The molecule has 198 valence electrons. The predicted molar refractivity (Wildman–Crippen MR) is 149 cm³/mol. The number of nitrogens with zero attached hydrogens (tertiary/aromatic N) is 2. The van der Waals surface area contributed by atoms with Crippen LogP contribution in [0, 0.1) is 5.92 Å². The summed E-state index contributed by atoms with van der Waals surface area (Å²) >= 11 is 3.32. The van der Waals surface area contributed by atoms with Crippen molar-refractivity contribution < 1.29 is 22.7 Å². The van der Waals surface area contributed by atoms with Crippen molar-refractivity contribution in [2.24, 2.45) is 5.92 Å². The fourth-order valence-electron chi connectivity index (χ4n) is 4.92. The molecule has 38 heavy (non-hydrogen) atoms. The van der Waals surface area contributed by atoms with Crippen LogP contribution in [0.3, 0.4) is 0 Å². The summed E-state index contributed by atoms with van der Waals surface area (Å²) in [6.45, 7) is 1.14. The molecule has 10 heteroatoms. The Kier molecular flexibility index (Phi) is 7.56. The second-order valence-electron chi connectivity index (χ2n) is 9.40. The average molecular weight is 599 g/mol. The number of ether oxygens (including phenoxy) is 1. The average Bonchev–Trinajstić information content (AvgIpc) is 3.36. The molecule has 8 nitrogen and oxygen atoms in total. The Morgan fingerprint density at radius 1 is 0.947 bits per heavy atom. The summed E-state index contributed by atoms with van der Waals surface area (Å²) in [6.07, 6.45) is 1.62. The Morgan fingerprint density at radius 3 is 2.29 bits per heavy atom. The minimum absolute atomic E-state index is 0.103. The van der Waals surface area contributed by atoms with Crippen LogP contribution in [0.5, 0.6) is 5.75 Å². The summed E-state index contributed by atoms with van der Waals surface area (Å²) in [5, 5.41) is 2.98. The van der Waals surface area contributed by atoms with E-state index in [2.05, 4.69) is 21.2 Å². The normalized spacial score (nSPS) is 16.2. The van der Waals surface area contributed by atoms with E-state index in [1.807, 2.05) is 18.2 Å². The molecule has 0 atom stereocenters. The van der Waals surface area contributed by atoms with E-state index in [-0.39, 0.29) is 35.7 Å². The molecule has 0 aliphatic carbocycles. The first-order valence-electron chi connectivity index (χ1n) is 12.4. The van der Waals surface area contributed by atoms with E-state index in [4.69, 9.17) is 4.74 Å².